The number of nitrogens with one attached hydrogen (secondary N) is 2. The molecule has 0 aromatic heterocycles. The molecule has 0 saturated heterocycles. The topological polar surface area (TPSA) is 79.5 Å². The SMILES string of the molecule is CCNC(=O)CN=C(N)Nc1c(CC)cccc1CC.I. The van der Waals surface area contributed by atoms with Crippen molar-refractivity contribution >= 4 is 41.5 Å². The van der Waals surface area contributed by atoms with Crippen molar-refractivity contribution in [3.63, 3.8) is 0 Å². The first-order valence-electron chi connectivity index (χ1n) is 7.06. The molecule has 0 fully saturated rings. The summed E-state index contributed by atoms with van der Waals surface area (Å²) in [6.07, 6.45) is 1.83. The molecule has 1 amide bonds. The first kappa shape index (κ1) is 19.7. The van der Waals surface area contributed by atoms with Crippen LogP contribution in [0.2, 0.25) is 0 Å². The Labute approximate surface area is 143 Å². The predicted molar refractivity (Wildman–Crippen MR) is 99.4 cm³/mol. The maximum atomic E-state index is 11.3. The van der Waals surface area contributed by atoms with Gasteiger partial charge in [0.1, 0.15) is 6.54 Å². The Hall–Kier alpha value is -1.31. The number of amides is 1. The van der Waals surface area contributed by atoms with Gasteiger partial charge < -0.3 is 16.4 Å². The average molecular weight is 404 g/mol. The lowest BCUT2D eigenvalue weighted by Gasteiger charge is -2.14. The summed E-state index contributed by atoms with van der Waals surface area (Å²) in [6.45, 7) is 6.71. The Balaban J connectivity index is 0.00000400. The Kier molecular flexibility index (Phi) is 9.77. The van der Waals surface area contributed by atoms with E-state index >= 15 is 0 Å². The number of carbonyl (C=O) groups is 1. The lowest BCUT2D eigenvalue weighted by Crippen LogP contribution is -2.29. The van der Waals surface area contributed by atoms with Crippen LogP contribution in [-0.4, -0.2) is 25.0 Å². The summed E-state index contributed by atoms with van der Waals surface area (Å²) in [5.74, 6) is 0.142. The van der Waals surface area contributed by atoms with Gasteiger partial charge in [-0.3, -0.25) is 4.79 Å². The summed E-state index contributed by atoms with van der Waals surface area (Å²) in [5.41, 5.74) is 9.26. The van der Waals surface area contributed by atoms with Crippen molar-refractivity contribution in [2.24, 2.45) is 10.7 Å². The molecule has 118 valence electrons. The third-order valence-electron chi connectivity index (χ3n) is 3.02. The lowest BCUT2D eigenvalue weighted by atomic mass is 10.0. The first-order valence-corrected chi connectivity index (χ1v) is 7.06. The van der Waals surface area contributed by atoms with E-state index in [0.29, 0.717) is 6.54 Å². The second-order valence-corrected chi connectivity index (χ2v) is 4.44. The maximum Gasteiger partial charge on any atom is 0.241 e. The molecule has 0 aliphatic heterocycles. The third kappa shape index (κ3) is 6.33. The van der Waals surface area contributed by atoms with Crippen LogP contribution in [0, 0.1) is 0 Å². The fourth-order valence-corrected chi connectivity index (χ4v) is 1.98. The Morgan fingerprint density at radius 2 is 1.76 bits per heavy atom. The average Bonchev–Trinajstić information content (AvgIpc) is 2.45. The van der Waals surface area contributed by atoms with Gasteiger partial charge in [0, 0.05) is 12.2 Å². The van der Waals surface area contributed by atoms with E-state index in [1.165, 1.54) is 11.1 Å². The molecule has 5 nitrogen and oxygen atoms in total. The van der Waals surface area contributed by atoms with E-state index in [4.69, 9.17) is 5.73 Å². The van der Waals surface area contributed by atoms with Crippen molar-refractivity contribution in [2.75, 3.05) is 18.4 Å². The van der Waals surface area contributed by atoms with Crippen molar-refractivity contribution in [1.29, 1.82) is 0 Å². The van der Waals surface area contributed by atoms with Gasteiger partial charge in [-0.1, -0.05) is 32.0 Å². The normalized spacial score (nSPS) is 10.7. The van der Waals surface area contributed by atoms with Gasteiger partial charge in [0.15, 0.2) is 5.96 Å². The molecule has 0 aliphatic rings. The monoisotopic (exact) mass is 404 g/mol. The molecule has 0 radical (unpaired) electrons. The van der Waals surface area contributed by atoms with Crippen molar-refractivity contribution in [2.45, 2.75) is 33.6 Å². The van der Waals surface area contributed by atoms with Gasteiger partial charge in [-0.2, -0.15) is 0 Å². The number of hydrogen-bond donors (Lipinski definition) is 3. The molecule has 4 N–H and O–H groups in total. The second kappa shape index (κ2) is 10.4. The number of rotatable bonds is 6. The zero-order chi connectivity index (χ0) is 15.0. The molecule has 0 spiro atoms. The van der Waals surface area contributed by atoms with Crippen LogP contribution >= 0.6 is 24.0 Å². The number of nitrogens with zero attached hydrogens (tertiary/aromatic N) is 1. The molecule has 0 unspecified atom stereocenters. The van der Waals surface area contributed by atoms with Crippen LogP contribution < -0.4 is 16.4 Å². The Morgan fingerprint density at radius 3 is 2.24 bits per heavy atom. The minimum Gasteiger partial charge on any atom is -0.370 e. The largest absolute Gasteiger partial charge is 0.370 e. The highest BCUT2D eigenvalue weighted by Crippen LogP contribution is 2.22. The minimum absolute atomic E-state index is 0. The first-order chi connectivity index (χ1) is 9.62. The molecule has 1 rings (SSSR count). The smallest absolute Gasteiger partial charge is 0.241 e. The van der Waals surface area contributed by atoms with Gasteiger partial charge in [0.2, 0.25) is 5.91 Å². The van der Waals surface area contributed by atoms with Gasteiger partial charge >= 0.3 is 0 Å². The molecular formula is C15H25IN4O. The van der Waals surface area contributed by atoms with Gasteiger partial charge in [0.25, 0.3) is 0 Å². The van der Waals surface area contributed by atoms with Crippen molar-refractivity contribution in [3.05, 3.63) is 29.3 Å². The summed E-state index contributed by atoms with van der Waals surface area (Å²) >= 11 is 0. The third-order valence-corrected chi connectivity index (χ3v) is 3.02. The van der Waals surface area contributed by atoms with Crippen LogP contribution in [0.5, 0.6) is 0 Å². The fraction of sp³-hybridized carbons (Fsp3) is 0.467. The molecule has 0 atom stereocenters. The number of hydrogen-bond acceptors (Lipinski definition) is 2. The highest BCUT2D eigenvalue weighted by atomic mass is 127. The summed E-state index contributed by atoms with van der Waals surface area (Å²) < 4.78 is 0. The number of anilines is 1. The zero-order valence-corrected chi connectivity index (χ0v) is 15.2. The number of halogens is 1. The number of aryl methyl sites for hydroxylation is 2. The quantitative estimate of drug-likeness (QED) is 0.387. The summed E-state index contributed by atoms with van der Waals surface area (Å²) in [5, 5.41) is 5.81. The number of carbonyl (C=O) groups excluding carboxylic acids is 1. The molecule has 0 bridgehead atoms. The molecule has 6 heteroatoms. The Morgan fingerprint density at radius 1 is 1.19 bits per heavy atom. The highest BCUT2D eigenvalue weighted by molar-refractivity contribution is 14.0. The second-order valence-electron chi connectivity index (χ2n) is 4.44. The maximum absolute atomic E-state index is 11.3. The van der Waals surface area contributed by atoms with Crippen LogP contribution in [0.25, 0.3) is 0 Å². The molecular weight excluding hydrogens is 379 g/mol. The van der Waals surface area contributed by atoms with Crippen LogP contribution in [0.4, 0.5) is 5.69 Å². The molecule has 0 heterocycles. The number of benzene rings is 1. The van der Waals surface area contributed by atoms with E-state index in [0.717, 1.165) is 18.5 Å². The van der Waals surface area contributed by atoms with E-state index in [-0.39, 0.29) is 42.4 Å². The summed E-state index contributed by atoms with van der Waals surface area (Å²) in [7, 11) is 0. The highest BCUT2D eigenvalue weighted by Gasteiger charge is 2.07. The van der Waals surface area contributed by atoms with E-state index in [1.54, 1.807) is 0 Å². The van der Waals surface area contributed by atoms with Crippen LogP contribution in [0.15, 0.2) is 23.2 Å². The molecule has 21 heavy (non-hydrogen) atoms. The van der Waals surface area contributed by atoms with E-state index in [9.17, 15) is 4.79 Å². The fourth-order valence-electron chi connectivity index (χ4n) is 1.98. The number of likely N-dealkylation sites (N-methyl/N-ethyl adjacent to an activating group) is 1. The van der Waals surface area contributed by atoms with Gasteiger partial charge in [-0.15, -0.1) is 24.0 Å². The summed E-state index contributed by atoms with van der Waals surface area (Å²) in [4.78, 5) is 15.4. The van der Waals surface area contributed by atoms with Crippen molar-refractivity contribution in [1.82, 2.24) is 5.32 Å². The van der Waals surface area contributed by atoms with E-state index in [2.05, 4.69) is 41.6 Å². The molecule has 1 aromatic carbocycles. The minimum atomic E-state index is -0.128. The van der Waals surface area contributed by atoms with Crippen molar-refractivity contribution < 1.29 is 4.79 Å². The molecule has 0 saturated carbocycles. The van der Waals surface area contributed by atoms with E-state index in [1.807, 2.05) is 13.0 Å². The van der Waals surface area contributed by atoms with Crippen LogP contribution in [0.1, 0.15) is 31.9 Å². The standard InChI is InChI=1S/C15H24N4O.HI/c1-4-11-8-7-9-12(5-2)14(11)19-15(16)18-10-13(20)17-6-3;/h7-9H,4-6,10H2,1-3H3,(H,17,20)(H3,16,18,19);1H. The molecule has 0 aliphatic carbocycles. The Bertz CT molecular complexity index is 466. The van der Waals surface area contributed by atoms with Gasteiger partial charge in [-0.25, -0.2) is 4.99 Å². The number of nitrogens with two attached hydrogens (primary N) is 1. The molecule has 1 aromatic rings. The number of aliphatic imine (C=N–C) groups is 1. The number of guanidine groups is 1. The summed E-state index contributed by atoms with van der Waals surface area (Å²) in [6, 6.07) is 6.18. The van der Waals surface area contributed by atoms with Gasteiger partial charge in [0.05, 0.1) is 0 Å². The van der Waals surface area contributed by atoms with Crippen molar-refractivity contribution in [3.8, 4) is 0 Å². The predicted octanol–water partition coefficient (Wildman–Crippen LogP) is 2.29. The lowest BCUT2D eigenvalue weighted by molar-refractivity contribution is -0.119. The number of para-hydroxylation sites is 1. The zero-order valence-electron chi connectivity index (χ0n) is 12.9. The van der Waals surface area contributed by atoms with Gasteiger partial charge in [-0.05, 0) is 30.9 Å². The van der Waals surface area contributed by atoms with Crippen LogP contribution in [-0.2, 0) is 17.6 Å². The van der Waals surface area contributed by atoms with E-state index < -0.39 is 0 Å². The van der Waals surface area contributed by atoms with Crippen LogP contribution in [0.3, 0.4) is 0 Å².